The molecular weight excluding hydrogens is 250 g/mol. The molecule has 1 aromatic rings. The van der Waals surface area contributed by atoms with E-state index >= 15 is 0 Å². The van der Waals surface area contributed by atoms with Gasteiger partial charge in [-0.1, -0.05) is 0 Å². The first-order chi connectivity index (χ1) is 8.67. The lowest BCUT2D eigenvalue weighted by Crippen LogP contribution is -2.21. The van der Waals surface area contributed by atoms with Gasteiger partial charge in [-0.2, -0.15) is 0 Å². The van der Waals surface area contributed by atoms with Crippen LogP contribution in [-0.2, 0) is 20.7 Å². The predicted molar refractivity (Wildman–Crippen MR) is 70.6 cm³/mol. The van der Waals surface area contributed by atoms with E-state index in [-0.39, 0.29) is 12.1 Å². The molecule has 100 valence electrons. The van der Waals surface area contributed by atoms with Crippen LogP contribution in [-0.4, -0.2) is 19.7 Å². The number of hydrogen-bond acceptors (Lipinski definition) is 5. The molecule has 0 spiro atoms. The molecule has 0 radical (unpaired) electrons. The molecule has 0 amide bonds. The minimum atomic E-state index is -0.673. The first-order valence-electron chi connectivity index (χ1n) is 6.24. The van der Waals surface area contributed by atoms with E-state index in [4.69, 9.17) is 10.5 Å². The summed E-state index contributed by atoms with van der Waals surface area (Å²) in [4.78, 5) is 13.6. The van der Waals surface area contributed by atoms with Gasteiger partial charge in [-0.25, -0.2) is 4.79 Å². The molecule has 18 heavy (non-hydrogen) atoms. The van der Waals surface area contributed by atoms with Gasteiger partial charge in [0.15, 0.2) is 0 Å². The van der Waals surface area contributed by atoms with E-state index in [1.165, 1.54) is 17.6 Å². The summed E-state index contributed by atoms with van der Waals surface area (Å²) in [6.07, 6.45) is 3.39. The first kappa shape index (κ1) is 13.5. The molecule has 0 aromatic carbocycles. The van der Waals surface area contributed by atoms with Gasteiger partial charge in [0, 0.05) is 16.4 Å². The highest BCUT2D eigenvalue weighted by molar-refractivity contribution is 7.12. The van der Waals surface area contributed by atoms with Crippen molar-refractivity contribution in [2.24, 2.45) is 5.73 Å². The molecule has 0 saturated heterocycles. The maximum absolute atomic E-state index is 11.5. The number of hydrogen-bond donors (Lipinski definition) is 1. The third-order valence-electron chi connectivity index (χ3n) is 3.21. The largest absolute Gasteiger partial charge is 0.468 e. The molecule has 1 aromatic heterocycles. The smallest absolute Gasteiger partial charge is 0.328 e. The second kappa shape index (κ2) is 5.82. The molecule has 1 aliphatic carbocycles. The number of carbonyl (C=O) groups excluding carboxylic acids is 1. The van der Waals surface area contributed by atoms with Gasteiger partial charge in [-0.15, -0.1) is 11.3 Å². The van der Waals surface area contributed by atoms with Gasteiger partial charge in [0.25, 0.3) is 0 Å². The summed E-state index contributed by atoms with van der Waals surface area (Å²) in [7, 11) is 1.36. The Balaban J connectivity index is 2.24. The molecule has 4 nitrogen and oxygen atoms in total. The minimum absolute atomic E-state index is 0.161. The van der Waals surface area contributed by atoms with Crippen molar-refractivity contribution in [3.63, 3.8) is 0 Å². The fourth-order valence-electron chi connectivity index (χ4n) is 2.31. The second-order valence-electron chi connectivity index (χ2n) is 4.36. The van der Waals surface area contributed by atoms with Crippen LogP contribution >= 0.6 is 11.3 Å². The van der Waals surface area contributed by atoms with Crippen LogP contribution in [0, 0.1) is 0 Å². The van der Waals surface area contributed by atoms with Crippen LogP contribution in [0.2, 0.25) is 0 Å². The quantitative estimate of drug-likeness (QED) is 0.852. The van der Waals surface area contributed by atoms with Crippen LogP contribution in [0.25, 0.3) is 0 Å². The molecule has 2 N–H and O–H groups in total. The number of ether oxygens (including phenoxy) is 2. The Labute approximate surface area is 111 Å². The number of nitrogens with two attached hydrogens (primary N) is 1. The molecule has 2 rings (SSSR count). The summed E-state index contributed by atoms with van der Waals surface area (Å²) >= 11 is 1.61. The van der Waals surface area contributed by atoms with Crippen molar-refractivity contribution in [3.8, 4) is 0 Å². The number of carbonyl (C=O) groups is 1. The number of fused-ring (bicyclic) bond motifs is 1. The van der Waals surface area contributed by atoms with E-state index < -0.39 is 6.04 Å². The second-order valence-corrected chi connectivity index (χ2v) is 5.53. The van der Waals surface area contributed by atoms with Gasteiger partial charge < -0.3 is 15.2 Å². The van der Waals surface area contributed by atoms with E-state index in [0.29, 0.717) is 6.61 Å². The SMILES string of the molecule is CCOC1CCCc2sc(C(N)C(=O)OC)cc21. The standard InChI is InChI=1S/C13H19NO3S/c1-3-17-9-5-4-6-10-8(9)7-11(18-10)12(14)13(15)16-2/h7,9,12H,3-6,14H2,1-2H3. The number of thiophene rings is 1. The lowest BCUT2D eigenvalue weighted by Gasteiger charge is -2.22. The molecule has 0 saturated carbocycles. The van der Waals surface area contributed by atoms with Crippen molar-refractivity contribution in [1.29, 1.82) is 0 Å². The average Bonchev–Trinajstić information content (AvgIpc) is 2.82. The zero-order chi connectivity index (χ0) is 13.1. The molecule has 5 heteroatoms. The Morgan fingerprint density at radius 2 is 2.44 bits per heavy atom. The van der Waals surface area contributed by atoms with E-state index in [1.54, 1.807) is 11.3 Å². The fraction of sp³-hybridized carbons (Fsp3) is 0.615. The van der Waals surface area contributed by atoms with Gasteiger partial charge in [0.05, 0.1) is 13.2 Å². The van der Waals surface area contributed by atoms with Crippen LogP contribution in [0.3, 0.4) is 0 Å². The van der Waals surface area contributed by atoms with E-state index in [9.17, 15) is 4.79 Å². The fourth-order valence-corrected chi connectivity index (χ4v) is 3.55. The van der Waals surface area contributed by atoms with Crippen molar-refractivity contribution < 1.29 is 14.3 Å². The summed E-state index contributed by atoms with van der Waals surface area (Å²) in [6.45, 7) is 2.71. The summed E-state index contributed by atoms with van der Waals surface area (Å²) in [5.41, 5.74) is 7.09. The summed E-state index contributed by atoms with van der Waals surface area (Å²) in [5, 5.41) is 0. The molecule has 1 aliphatic rings. The Hall–Kier alpha value is -0.910. The zero-order valence-electron chi connectivity index (χ0n) is 10.8. The van der Waals surface area contributed by atoms with Gasteiger partial charge in [0.2, 0.25) is 0 Å². The lowest BCUT2D eigenvalue weighted by atomic mass is 9.95. The maximum atomic E-state index is 11.5. The molecule has 1 heterocycles. The zero-order valence-corrected chi connectivity index (χ0v) is 11.6. The van der Waals surface area contributed by atoms with Crippen LogP contribution < -0.4 is 5.73 Å². The molecule has 2 atom stereocenters. The predicted octanol–water partition coefficient (Wildman–Crippen LogP) is 2.33. The first-order valence-corrected chi connectivity index (χ1v) is 7.06. The van der Waals surface area contributed by atoms with Crippen molar-refractivity contribution in [1.82, 2.24) is 0 Å². The highest BCUT2D eigenvalue weighted by Crippen LogP contribution is 2.39. The minimum Gasteiger partial charge on any atom is -0.468 e. The van der Waals surface area contributed by atoms with Crippen molar-refractivity contribution in [2.75, 3.05) is 13.7 Å². The van der Waals surface area contributed by atoms with Crippen molar-refractivity contribution in [3.05, 3.63) is 21.4 Å². The van der Waals surface area contributed by atoms with E-state index in [0.717, 1.165) is 24.1 Å². The van der Waals surface area contributed by atoms with Gasteiger partial charge in [-0.3, -0.25) is 0 Å². The molecule has 0 fully saturated rings. The maximum Gasteiger partial charge on any atom is 0.328 e. The third-order valence-corrected chi connectivity index (χ3v) is 4.50. The highest BCUT2D eigenvalue weighted by atomic mass is 32.1. The van der Waals surface area contributed by atoms with Crippen LogP contribution in [0.15, 0.2) is 6.07 Å². The Morgan fingerprint density at radius 3 is 3.11 bits per heavy atom. The number of aryl methyl sites for hydroxylation is 1. The van der Waals surface area contributed by atoms with Crippen LogP contribution in [0.4, 0.5) is 0 Å². The summed E-state index contributed by atoms with van der Waals surface area (Å²) in [5.74, 6) is -0.387. The van der Waals surface area contributed by atoms with Gasteiger partial charge in [0.1, 0.15) is 6.04 Å². The van der Waals surface area contributed by atoms with Crippen LogP contribution in [0.1, 0.15) is 47.2 Å². The molecule has 2 unspecified atom stereocenters. The summed E-state index contributed by atoms with van der Waals surface area (Å²) in [6, 6.07) is 1.34. The highest BCUT2D eigenvalue weighted by Gasteiger charge is 2.27. The Kier molecular flexibility index (Phi) is 4.37. The monoisotopic (exact) mass is 269 g/mol. The molecule has 0 bridgehead atoms. The van der Waals surface area contributed by atoms with E-state index in [1.807, 2.05) is 13.0 Å². The molecular formula is C13H19NO3S. The Bertz CT molecular complexity index is 430. The van der Waals surface area contributed by atoms with Crippen molar-refractivity contribution >= 4 is 17.3 Å². The lowest BCUT2D eigenvalue weighted by molar-refractivity contribution is -0.142. The number of methoxy groups -OCH3 is 1. The third kappa shape index (κ3) is 2.58. The number of rotatable bonds is 4. The normalized spacial score (nSPS) is 20.3. The average molecular weight is 269 g/mol. The topological polar surface area (TPSA) is 61.5 Å². The van der Waals surface area contributed by atoms with Crippen molar-refractivity contribution in [2.45, 2.75) is 38.3 Å². The van der Waals surface area contributed by atoms with E-state index in [2.05, 4.69) is 4.74 Å². The Morgan fingerprint density at radius 1 is 1.67 bits per heavy atom. The number of esters is 1. The summed E-state index contributed by atoms with van der Waals surface area (Å²) < 4.78 is 10.4. The van der Waals surface area contributed by atoms with Gasteiger partial charge >= 0.3 is 5.97 Å². The molecule has 0 aliphatic heterocycles. The van der Waals surface area contributed by atoms with Gasteiger partial charge in [-0.05, 0) is 37.8 Å². The van der Waals surface area contributed by atoms with Crippen LogP contribution in [0.5, 0.6) is 0 Å².